The first kappa shape index (κ1) is 22.6. The Balaban J connectivity index is 2.06. The van der Waals surface area contributed by atoms with E-state index in [1.54, 1.807) is 11.6 Å². The Hall–Kier alpha value is -3.07. The standard InChI is InChI=1S/C25H31N3O3/c1-15-16(2)27-28(7)22(15)23(30-17(3)31-24(29)19-8-9-19)21(14-26)18-10-12-20(13-11-18)25(4,5)6/h10-13,17,19H,8-9H2,1-7H3/b23-21-. The van der Waals surface area contributed by atoms with Crippen molar-refractivity contribution >= 4 is 17.3 Å². The van der Waals surface area contributed by atoms with E-state index in [2.05, 4.69) is 31.9 Å². The lowest BCUT2D eigenvalue weighted by molar-refractivity contribution is -0.165. The molecule has 1 atom stereocenters. The fraction of sp³-hybridized carbons (Fsp3) is 0.480. The van der Waals surface area contributed by atoms with Crippen molar-refractivity contribution in [2.24, 2.45) is 13.0 Å². The maximum Gasteiger partial charge on any atom is 0.311 e. The van der Waals surface area contributed by atoms with E-state index in [0.717, 1.165) is 29.7 Å². The van der Waals surface area contributed by atoms with Crippen LogP contribution in [0.2, 0.25) is 0 Å². The predicted octanol–water partition coefficient (Wildman–Crippen LogP) is 5.04. The molecule has 6 heteroatoms. The van der Waals surface area contributed by atoms with Gasteiger partial charge in [0, 0.05) is 19.5 Å². The van der Waals surface area contributed by atoms with Crippen molar-refractivity contribution in [1.82, 2.24) is 9.78 Å². The van der Waals surface area contributed by atoms with Gasteiger partial charge in [-0.1, -0.05) is 45.0 Å². The largest absolute Gasteiger partial charge is 0.451 e. The lowest BCUT2D eigenvalue weighted by Gasteiger charge is -2.21. The fourth-order valence-electron chi connectivity index (χ4n) is 3.47. The maximum atomic E-state index is 12.1. The Morgan fingerprint density at radius 2 is 1.81 bits per heavy atom. The van der Waals surface area contributed by atoms with E-state index in [1.807, 2.05) is 45.2 Å². The summed E-state index contributed by atoms with van der Waals surface area (Å²) in [5, 5.41) is 14.6. The Morgan fingerprint density at radius 3 is 2.26 bits per heavy atom. The molecular weight excluding hydrogens is 390 g/mol. The molecule has 0 radical (unpaired) electrons. The molecule has 1 heterocycles. The highest BCUT2D eigenvalue weighted by Gasteiger charge is 2.33. The smallest absolute Gasteiger partial charge is 0.311 e. The number of carbonyl (C=O) groups excluding carboxylic acids is 1. The zero-order chi connectivity index (χ0) is 22.9. The van der Waals surface area contributed by atoms with Gasteiger partial charge in [0.15, 0.2) is 5.76 Å². The SMILES string of the molecule is Cc1nn(C)c(/C(OC(C)OC(=O)C2CC2)=C(\C#N)c2ccc(C(C)(C)C)cc2)c1C. The minimum atomic E-state index is -0.824. The first-order valence-corrected chi connectivity index (χ1v) is 10.7. The average molecular weight is 422 g/mol. The zero-order valence-corrected chi connectivity index (χ0v) is 19.4. The molecule has 3 rings (SSSR count). The number of rotatable bonds is 6. The number of hydrogen-bond acceptors (Lipinski definition) is 5. The number of carbonyl (C=O) groups is 1. The number of esters is 1. The zero-order valence-electron chi connectivity index (χ0n) is 19.4. The molecule has 6 nitrogen and oxygen atoms in total. The van der Waals surface area contributed by atoms with E-state index in [1.165, 1.54) is 5.56 Å². The van der Waals surface area contributed by atoms with E-state index < -0.39 is 6.29 Å². The third-order valence-electron chi connectivity index (χ3n) is 5.59. The number of benzene rings is 1. The number of allylic oxidation sites excluding steroid dienone is 1. The summed E-state index contributed by atoms with van der Waals surface area (Å²) in [5.74, 6) is 0.0834. The lowest BCUT2D eigenvalue weighted by Crippen LogP contribution is -2.20. The van der Waals surface area contributed by atoms with Gasteiger partial charge in [-0.25, -0.2) is 0 Å². The van der Waals surface area contributed by atoms with Gasteiger partial charge in [-0.05, 0) is 43.2 Å². The van der Waals surface area contributed by atoms with Gasteiger partial charge in [0.05, 0.1) is 11.6 Å². The quantitative estimate of drug-likeness (QED) is 0.283. The summed E-state index contributed by atoms with van der Waals surface area (Å²) in [5.41, 5.74) is 4.76. The molecule has 0 spiro atoms. The third-order valence-corrected chi connectivity index (χ3v) is 5.59. The summed E-state index contributed by atoms with van der Waals surface area (Å²) in [6.45, 7) is 12.0. The highest BCUT2D eigenvalue weighted by molar-refractivity contribution is 5.94. The minimum Gasteiger partial charge on any atom is -0.451 e. The molecular formula is C25H31N3O3. The van der Waals surface area contributed by atoms with Crippen molar-refractivity contribution in [3.63, 3.8) is 0 Å². The van der Waals surface area contributed by atoms with Gasteiger partial charge in [-0.2, -0.15) is 10.4 Å². The lowest BCUT2D eigenvalue weighted by atomic mass is 9.86. The summed E-state index contributed by atoms with van der Waals surface area (Å²) in [6, 6.07) is 10.2. The van der Waals surface area contributed by atoms with Crippen molar-refractivity contribution < 1.29 is 14.3 Å². The van der Waals surface area contributed by atoms with Crippen molar-refractivity contribution in [3.05, 3.63) is 52.3 Å². The second-order valence-electron chi connectivity index (χ2n) is 9.22. The molecule has 1 aliphatic rings. The van der Waals surface area contributed by atoms with Crippen LogP contribution in [0.4, 0.5) is 0 Å². The van der Waals surface area contributed by atoms with E-state index >= 15 is 0 Å². The Labute approximate surface area is 184 Å². The number of nitriles is 1. The molecule has 164 valence electrons. The van der Waals surface area contributed by atoms with Crippen LogP contribution >= 0.6 is 0 Å². The Morgan fingerprint density at radius 1 is 1.19 bits per heavy atom. The normalized spacial score (nSPS) is 15.7. The van der Waals surface area contributed by atoms with E-state index in [9.17, 15) is 10.1 Å². The molecule has 0 bridgehead atoms. The summed E-state index contributed by atoms with van der Waals surface area (Å²) in [4.78, 5) is 12.1. The molecule has 31 heavy (non-hydrogen) atoms. The third kappa shape index (κ3) is 4.99. The van der Waals surface area contributed by atoms with Crippen LogP contribution in [0.25, 0.3) is 11.3 Å². The summed E-state index contributed by atoms with van der Waals surface area (Å²) >= 11 is 0. The average Bonchev–Trinajstić information content (AvgIpc) is 3.50. The number of hydrogen-bond donors (Lipinski definition) is 0. The molecule has 0 saturated heterocycles. The summed E-state index contributed by atoms with van der Waals surface area (Å²) < 4.78 is 13.3. The topological polar surface area (TPSA) is 77.1 Å². The maximum absolute atomic E-state index is 12.1. The molecule has 1 aromatic carbocycles. The first-order valence-electron chi connectivity index (χ1n) is 10.7. The fourth-order valence-corrected chi connectivity index (χ4v) is 3.47. The molecule has 1 saturated carbocycles. The molecule has 1 aromatic heterocycles. The minimum absolute atomic E-state index is 0.00957. The van der Waals surface area contributed by atoms with Crippen LogP contribution in [0.3, 0.4) is 0 Å². The highest BCUT2D eigenvalue weighted by Crippen LogP contribution is 2.34. The molecule has 1 unspecified atom stereocenters. The Kier molecular flexibility index (Phi) is 6.26. The van der Waals surface area contributed by atoms with Crippen LogP contribution in [-0.4, -0.2) is 22.0 Å². The molecule has 0 N–H and O–H groups in total. The van der Waals surface area contributed by atoms with Gasteiger partial charge in [-0.15, -0.1) is 0 Å². The van der Waals surface area contributed by atoms with E-state index in [4.69, 9.17) is 9.47 Å². The van der Waals surface area contributed by atoms with Gasteiger partial charge >= 0.3 is 5.97 Å². The summed E-state index contributed by atoms with van der Waals surface area (Å²) in [6.07, 6.45) is 0.894. The number of aryl methyl sites for hydroxylation is 2. The molecule has 0 aliphatic heterocycles. The number of aromatic nitrogens is 2. The van der Waals surface area contributed by atoms with Crippen molar-refractivity contribution in [3.8, 4) is 6.07 Å². The van der Waals surface area contributed by atoms with Gasteiger partial charge in [0.25, 0.3) is 0 Å². The number of ether oxygens (including phenoxy) is 2. The van der Waals surface area contributed by atoms with Gasteiger partial charge < -0.3 is 9.47 Å². The summed E-state index contributed by atoms with van der Waals surface area (Å²) in [7, 11) is 1.82. The molecule has 0 amide bonds. The van der Waals surface area contributed by atoms with Crippen molar-refractivity contribution in [1.29, 1.82) is 5.26 Å². The van der Waals surface area contributed by atoms with Crippen LogP contribution in [0.1, 0.15) is 68.6 Å². The molecule has 1 aliphatic carbocycles. The predicted molar refractivity (Wildman–Crippen MR) is 120 cm³/mol. The Bertz CT molecular complexity index is 1050. The molecule has 2 aromatic rings. The van der Waals surface area contributed by atoms with Gasteiger partial charge in [-0.3, -0.25) is 9.48 Å². The van der Waals surface area contributed by atoms with Crippen LogP contribution in [0.15, 0.2) is 24.3 Å². The van der Waals surface area contributed by atoms with Crippen LogP contribution in [0, 0.1) is 31.1 Å². The van der Waals surface area contributed by atoms with Crippen LogP contribution in [0.5, 0.6) is 0 Å². The highest BCUT2D eigenvalue weighted by atomic mass is 16.7. The first-order chi connectivity index (χ1) is 14.5. The van der Waals surface area contributed by atoms with Crippen molar-refractivity contribution in [2.75, 3.05) is 0 Å². The number of nitrogens with zero attached hydrogens (tertiary/aromatic N) is 3. The monoisotopic (exact) mass is 421 g/mol. The van der Waals surface area contributed by atoms with Crippen LogP contribution in [-0.2, 0) is 26.7 Å². The molecule has 1 fully saturated rings. The van der Waals surface area contributed by atoms with Gasteiger partial charge in [0.1, 0.15) is 17.3 Å². The van der Waals surface area contributed by atoms with Crippen LogP contribution < -0.4 is 0 Å². The van der Waals surface area contributed by atoms with E-state index in [0.29, 0.717) is 17.0 Å². The second kappa shape index (κ2) is 8.58. The van der Waals surface area contributed by atoms with Crippen molar-refractivity contribution in [2.45, 2.75) is 66.1 Å². The van der Waals surface area contributed by atoms with Gasteiger partial charge in [0.2, 0.25) is 6.29 Å². The van der Waals surface area contributed by atoms with E-state index in [-0.39, 0.29) is 17.3 Å². The second-order valence-corrected chi connectivity index (χ2v) is 9.22.